The minimum Gasteiger partial charge on any atom is -0.480 e. The Morgan fingerprint density at radius 3 is 2.71 bits per heavy atom. The first-order valence-corrected chi connectivity index (χ1v) is 6.53. The number of hydrogen-bond acceptors (Lipinski definition) is 5. The van der Waals surface area contributed by atoms with E-state index in [1.807, 2.05) is 0 Å². The lowest BCUT2D eigenvalue weighted by atomic mass is 10.3. The van der Waals surface area contributed by atoms with E-state index in [2.05, 4.69) is 4.98 Å². The molecule has 0 aromatic carbocycles. The number of carboxylic acid groups (broad SMARTS) is 1. The van der Waals surface area contributed by atoms with Crippen molar-refractivity contribution in [2.75, 3.05) is 6.26 Å². The summed E-state index contributed by atoms with van der Waals surface area (Å²) in [5.41, 5.74) is 1.54. The van der Waals surface area contributed by atoms with Gasteiger partial charge in [0.25, 0.3) is 0 Å². The second kappa shape index (κ2) is 4.05. The molecule has 1 rings (SSSR count). The summed E-state index contributed by atoms with van der Waals surface area (Å²) in [6.45, 7) is 0. The average molecular weight is 235 g/mol. The number of nitrogens with zero attached hydrogens (tertiary/aromatic N) is 1. The number of rotatable bonds is 4. The van der Waals surface area contributed by atoms with Gasteiger partial charge in [0.1, 0.15) is 0 Å². The molecule has 1 aromatic heterocycles. The Labute approximate surface area is 85.3 Å². The van der Waals surface area contributed by atoms with Crippen molar-refractivity contribution in [3.05, 3.63) is 16.6 Å². The summed E-state index contributed by atoms with van der Waals surface area (Å²) >= 11 is 1.25. The average Bonchev–Trinajstić information content (AvgIpc) is 2.48. The molecule has 0 aliphatic rings. The molecule has 1 aromatic rings. The van der Waals surface area contributed by atoms with Gasteiger partial charge in [0, 0.05) is 23.8 Å². The van der Waals surface area contributed by atoms with Crippen molar-refractivity contribution in [3.8, 4) is 0 Å². The lowest BCUT2D eigenvalue weighted by molar-refractivity contribution is -0.136. The van der Waals surface area contributed by atoms with Crippen LogP contribution >= 0.6 is 11.3 Å². The van der Waals surface area contributed by atoms with Crippen molar-refractivity contribution in [1.29, 1.82) is 0 Å². The van der Waals surface area contributed by atoms with Crippen LogP contribution in [0.5, 0.6) is 0 Å². The highest BCUT2D eigenvalue weighted by Gasteiger charge is 2.29. The van der Waals surface area contributed by atoms with Gasteiger partial charge in [-0.3, -0.25) is 9.78 Å². The fourth-order valence-electron chi connectivity index (χ4n) is 0.947. The van der Waals surface area contributed by atoms with Gasteiger partial charge in [-0.15, -0.1) is 11.3 Å². The molecule has 7 heteroatoms. The summed E-state index contributed by atoms with van der Waals surface area (Å²) in [5, 5.41) is 7.34. The second-order valence-electron chi connectivity index (χ2n) is 2.83. The highest BCUT2D eigenvalue weighted by atomic mass is 32.2. The lowest BCUT2D eigenvalue weighted by Gasteiger charge is -2.07. The number of aromatic nitrogens is 1. The van der Waals surface area contributed by atoms with Gasteiger partial charge in [-0.25, -0.2) is 8.42 Å². The van der Waals surface area contributed by atoms with Crippen LogP contribution in [0.1, 0.15) is 4.88 Å². The monoisotopic (exact) mass is 235 g/mol. The number of carbonyl (C=O) groups is 1. The summed E-state index contributed by atoms with van der Waals surface area (Å²) in [4.78, 5) is 15.1. The molecule has 0 aliphatic heterocycles. The normalized spacial score (nSPS) is 13.8. The third kappa shape index (κ3) is 2.78. The van der Waals surface area contributed by atoms with Crippen molar-refractivity contribution >= 4 is 27.1 Å². The van der Waals surface area contributed by atoms with E-state index in [0.29, 0.717) is 4.88 Å². The highest BCUT2D eigenvalue weighted by molar-refractivity contribution is 7.92. The van der Waals surface area contributed by atoms with Gasteiger partial charge in [0.15, 0.2) is 15.1 Å². The van der Waals surface area contributed by atoms with Crippen LogP contribution < -0.4 is 0 Å². The Morgan fingerprint density at radius 2 is 2.36 bits per heavy atom. The first kappa shape index (κ1) is 11.1. The molecular formula is C7H9NO4S2. The van der Waals surface area contributed by atoms with E-state index in [1.54, 1.807) is 0 Å². The van der Waals surface area contributed by atoms with Gasteiger partial charge in [-0.1, -0.05) is 0 Å². The van der Waals surface area contributed by atoms with Crippen LogP contribution in [-0.2, 0) is 21.1 Å². The fourth-order valence-corrected chi connectivity index (χ4v) is 2.54. The van der Waals surface area contributed by atoms with Crippen LogP contribution in [0.4, 0.5) is 0 Å². The Balaban J connectivity index is 2.87. The molecule has 0 bridgehead atoms. The zero-order valence-corrected chi connectivity index (χ0v) is 9.01. The van der Waals surface area contributed by atoms with Crippen molar-refractivity contribution < 1.29 is 18.3 Å². The highest BCUT2D eigenvalue weighted by Crippen LogP contribution is 2.13. The smallest absolute Gasteiger partial charge is 0.322 e. The molecule has 1 atom stereocenters. The Bertz CT molecular complexity index is 409. The number of hydrogen-bond donors (Lipinski definition) is 1. The molecule has 14 heavy (non-hydrogen) atoms. The Hall–Kier alpha value is -0.950. The van der Waals surface area contributed by atoms with Crippen LogP contribution in [-0.4, -0.2) is 36.0 Å². The minimum atomic E-state index is -3.56. The van der Waals surface area contributed by atoms with E-state index in [-0.39, 0.29) is 6.42 Å². The topological polar surface area (TPSA) is 84.3 Å². The molecular weight excluding hydrogens is 226 g/mol. The molecule has 0 spiro atoms. The Morgan fingerprint density at radius 1 is 1.71 bits per heavy atom. The number of sulfone groups is 1. The summed E-state index contributed by atoms with van der Waals surface area (Å²) in [7, 11) is -3.56. The van der Waals surface area contributed by atoms with E-state index < -0.39 is 21.1 Å². The van der Waals surface area contributed by atoms with Crippen LogP contribution in [0.3, 0.4) is 0 Å². The fraction of sp³-hybridized carbons (Fsp3) is 0.429. The number of aliphatic carboxylic acids is 1. The van der Waals surface area contributed by atoms with Crippen molar-refractivity contribution in [2.24, 2.45) is 0 Å². The third-order valence-corrected chi connectivity index (χ3v) is 3.87. The predicted molar refractivity (Wildman–Crippen MR) is 52.1 cm³/mol. The van der Waals surface area contributed by atoms with E-state index in [0.717, 1.165) is 6.26 Å². The molecule has 1 heterocycles. The van der Waals surface area contributed by atoms with Crippen LogP contribution in [0, 0.1) is 0 Å². The molecule has 0 saturated heterocycles. The maximum atomic E-state index is 11.1. The Kier molecular flexibility index (Phi) is 3.22. The second-order valence-corrected chi connectivity index (χ2v) is 6.03. The quantitative estimate of drug-likeness (QED) is 0.805. The predicted octanol–water partition coefficient (Wildman–Crippen LogP) is 0.183. The molecule has 0 amide bonds. The van der Waals surface area contributed by atoms with Gasteiger partial charge in [0.2, 0.25) is 0 Å². The molecule has 5 nitrogen and oxygen atoms in total. The lowest BCUT2D eigenvalue weighted by Crippen LogP contribution is -2.31. The van der Waals surface area contributed by atoms with E-state index >= 15 is 0 Å². The van der Waals surface area contributed by atoms with E-state index in [1.165, 1.54) is 23.0 Å². The molecule has 0 radical (unpaired) electrons. The van der Waals surface area contributed by atoms with Crippen molar-refractivity contribution in [3.63, 3.8) is 0 Å². The zero-order valence-electron chi connectivity index (χ0n) is 7.37. The maximum Gasteiger partial charge on any atom is 0.322 e. The molecule has 0 aliphatic carbocycles. The van der Waals surface area contributed by atoms with Gasteiger partial charge in [-0.2, -0.15) is 0 Å². The number of carboxylic acids is 1. The standard InChI is InChI=1S/C7H9NO4S2/c1-14(11,12)6(7(9)10)2-5-3-8-4-13-5/h3-4,6H,2H2,1H3,(H,9,10). The first-order chi connectivity index (χ1) is 6.41. The van der Waals surface area contributed by atoms with Gasteiger partial charge in [0.05, 0.1) is 5.51 Å². The molecule has 1 N–H and O–H groups in total. The maximum absolute atomic E-state index is 11.1. The van der Waals surface area contributed by atoms with Crippen molar-refractivity contribution in [1.82, 2.24) is 4.98 Å². The van der Waals surface area contributed by atoms with E-state index in [4.69, 9.17) is 5.11 Å². The van der Waals surface area contributed by atoms with Gasteiger partial charge >= 0.3 is 5.97 Å². The van der Waals surface area contributed by atoms with Gasteiger partial charge < -0.3 is 5.11 Å². The van der Waals surface area contributed by atoms with Gasteiger partial charge in [-0.05, 0) is 0 Å². The molecule has 0 saturated carbocycles. The summed E-state index contributed by atoms with van der Waals surface area (Å²) in [5.74, 6) is -1.32. The molecule has 1 unspecified atom stereocenters. The minimum absolute atomic E-state index is 0.0150. The van der Waals surface area contributed by atoms with E-state index in [9.17, 15) is 13.2 Å². The third-order valence-electron chi connectivity index (χ3n) is 1.66. The SMILES string of the molecule is CS(=O)(=O)C(Cc1cncs1)C(=O)O. The molecule has 0 fully saturated rings. The number of thiazole rings is 1. The van der Waals surface area contributed by atoms with Crippen LogP contribution in [0.2, 0.25) is 0 Å². The zero-order chi connectivity index (χ0) is 10.8. The van der Waals surface area contributed by atoms with Crippen LogP contribution in [0.15, 0.2) is 11.7 Å². The summed E-state index contributed by atoms with van der Waals surface area (Å²) in [6.07, 6.45) is 2.39. The van der Waals surface area contributed by atoms with Crippen LogP contribution in [0.25, 0.3) is 0 Å². The summed E-state index contributed by atoms with van der Waals surface area (Å²) < 4.78 is 22.2. The first-order valence-electron chi connectivity index (χ1n) is 3.70. The largest absolute Gasteiger partial charge is 0.480 e. The van der Waals surface area contributed by atoms with Crippen molar-refractivity contribution in [2.45, 2.75) is 11.7 Å². The summed E-state index contributed by atoms with van der Waals surface area (Å²) in [6, 6.07) is 0. The molecule has 78 valence electrons.